The van der Waals surface area contributed by atoms with Gasteiger partial charge in [-0.2, -0.15) is 4.31 Å². The normalized spacial score (nSPS) is 45.3. The minimum Gasteiger partial charge on any atom is -0.393 e. The van der Waals surface area contributed by atoms with Gasteiger partial charge in [0, 0.05) is 25.1 Å². The molecule has 4 aliphatic carbocycles. The Morgan fingerprint density at radius 2 is 1.85 bits per heavy atom. The zero-order valence-corrected chi connectivity index (χ0v) is 21.2. The second kappa shape index (κ2) is 8.16. The van der Waals surface area contributed by atoms with Gasteiger partial charge in [0.1, 0.15) is 0 Å². The van der Waals surface area contributed by atoms with Crippen molar-refractivity contribution >= 4 is 10.0 Å². The first-order valence-corrected chi connectivity index (χ1v) is 14.7. The molecule has 7 unspecified atom stereocenters. The molecule has 3 saturated carbocycles. The Labute approximate surface area is 199 Å². The molecule has 186 valence electrons. The van der Waals surface area contributed by atoms with Gasteiger partial charge in [-0.15, -0.1) is 0 Å². The van der Waals surface area contributed by atoms with E-state index in [1.165, 1.54) is 21.7 Å². The minimum absolute atomic E-state index is 0.0738. The predicted molar refractivity (Wildman–Crippen MR) is 128 cm³/mol. The molecule has 7 heteroatoms. The van der Waals surface area contributed by atoms with Gasteiger partial charge in [-0.3, -0.25) is 0 Å². The number of aliphatic hydroxyl groups is 2. The van der Waals surface area contributed by atoms with Crippen LogP contribution in [0.2, 0.25) is 0 Å². The van der Waals surface area contributed by atoms with Crippen molar-refractivity contribution in [2.24, 2.45) is 22.7 Å². The molecule has 4 fully saturated rings. The predicted octanol–water partition coefficient (Wildman–Crippen LogP) is 3.40. The maximum atomic E-state index is 12.7. The summed E-state index contributed by atoms with van der Waals surface area (Å²) in [6.45, 7) is 5.74. The van der Waals surface area contributed by atoms with Gasteiger partial charge in [0.2, 0.25) is 10.0 Å². The highest BCUT2D eigenvalue weighted by Gasteiger charge is 2.62. The van der Waals surface area contributed by atoms with Gasteiger partial charge < -0.3 is 14.9 Å². The summed E-state index contributed by atoms with van der Waals surface area (Å²) in [6.07, 6.45) is 13.4. The minimum atomic E-state index is -3.45. The number of fused-ring (bicyclic) bond motifs is 5. The highest BCUT2D eigenvalue weighted by atomic mass is 32.2. The summed E-state index contributed by atoms with van der Waals surface area (Å²) in [5.74, 6) is 0.732. The van der Waals surface area contributed by atoms with Gasteiger partial charge in [0.05, 0.1) is 24.1 Å². The van der Waals surface area contributed by atoms with Gasteiger partial charge in [0.25, 0.3) is 0 Å². The fourth-order valence-corrected chi connectivity index (χ4v) is 8.86. The molecule has 6 nitrogen and oxygen atoms in total. The molecule has 0 aromatic heterocycles. The first kappa shape index (κ1) is 24.0. The first-order chi connectivity index (χ1) is 15.5. The topological polar surface area (TPSA) is 87.1 Å². The Kier molecular flexibility index (Phi) is 5.93. The third kappa shape index (κ3) is 3.86. The molecule has 1 saturated heterocycles. The lowest BCUT2D eigenvalue weighted by atomic mass is 9.50. The van der Waals surface area contributed by atoms with Crippen LogP contribution in [0.25, 0.3) is 0 Å². The van der Waals surface area contributed by atoms with E-state index in [0.717, 1.165) is 51.4 Å². The lowest BCUT2D eigenvalue weighted by molar-refractivity contribution is -0.0948. The molecular formula is C26H41NO5S. The Morgan fingerprint density at radius 1 is 1.09 bits per heavy atom. The molecule has 0 radical (unpaired) electrons. The Bertz CT molecular complexity index is 954. The van der Waals surface area contributed by atoms with E-state index in [4.69, 9.17) is 4.74 Å². The summed E-state index contributed by atoms with van der Waals surface area (Å²) in [4.78, 5) is 0. The summed E-state index contributed by atoms with van der Waals surface area (Å²) in [6, 6.07) is 0. The molecule has 7 atom stereocenters. The standard InChI is InChI=1S/C26H41NO5S/c1-24-11-8-19(28)15-18(24)6-7-21-22(24)9-12-25(2)23(21)10-13-26(25,29)17-27(33(3,30)31)16-20-5-4-14-32-20/h6-7,19-20,22-23,28-29H,4-5,8-17H2,1-3H3. The molecule has 1 aliphatic heterocycles. The molecule has 2 N–H and O–H groups in total. The van der Waals surface area contributed by atoms with Crippen molar-refractivity contribution in [1.82, 2.24) is 4.31 Å². The van der Waals surface area contributed by atoms with Gasteiger partial charge in [-0.25, -0.2) is 8.42 Å². The third-order valence-electron chi connectivity index (χ3n) is 10.2. The smallest absolute Gasteiger partial charge is 0.211 e. The second-order valence-corrected chi connectivity index (χ2v) is 14.0. The van der Waals surface area contributed by atoms with Crippen LogP contribution in [-0.4, -0.2) is 66.7 Å². The quantitative estimate of drug-likeness (QED) is 0.631. The van der Waals surface area contributed by atoms with Crippen LogP contribution in [0.15, 0.2) is 23.3 Å². The maximum absolute atomic E-state index is 12.7. The molecular weight excluding hydrogens is 438 g/mol. The zero-order valence-electron chi connectivity index (χ0n) is 20.4. The molecule has 0 aromatic carbocycles. The number of rotatable bonds is 5. The summed E-state index contributed by atoms with van der Waals surface area (Å²) < 4.78 is 32.6. The largest absolute Gasteiger partial charge is 0.393 e. The van der Waals surface area contributed by atoms with Crippen molar-refractivity contribution in [3.63, 3.8) is 0 Å². The van der Waals surface area contributed by atoms with Crippen molar-refractivity contribution in [1.29, 1.82) is 0 Å². The van der Waals surface area contributed by atoms with E-state index < -0.39 is 15.6 Å². The van der Waals surface area contributed by atoms with Gasteiger partial charge in [0.15, 0.2) is 0 Å². The van der Waals surface area contributed by atoms with Crippen LogP contribution >= 0.6 is 0 Å². The van der Waals surface area contributed by atoms with E-state index in [-0.39, 0.29) is 35.5 Å². The third-order valence-corrected chi connectivity index (χ3v) is 11.4. The van der Waals surface area contributed by atoms with Crippen LogP contribution in [-0.2, 0) is 14.8 Å². The Balaban J connectivity index is 1.42. The highest BCUT2D eigenvalue weighted by Crippen LogP contribution is 2.66. The molecule has 0 bridgehead atoms. The van der Waals surface area contributed by atoms with Crippen molar-refractivity contribution in [3.05, 3.63) is 23.3 Å². The molecule has 0 spiro atoms. The Hall–Kier alpha value is -0.730. The van der Waals surface area contributed by atoms with Crippen molar-refractivity contribution in [2.45, 2.75) is 89.4 Å². The second-order valence-electron chi connectivity index (χ2n) is 12.0. The summed E-state index contributed by atoms with van der Waals surface area (Å²) in [5, 5.41) is 22.3. The zero-order chi connectivity index (χ0) is 23.6. The van der Waals surface area contributed by atoms with Crippen LogP contribution in [0.5, 0.6) is 0 Å². The van der Waals surface area contributed by atoms with Crippen molar-refractivity contribution in [2.75, 3.05) is 26.0 Å². The molecule has 0 amide bonds. The van der Waals surface area contributed by atoms with Crippen LogP contribution in [0.4, 0.5) is 0 Å². The van der Waals surface area contributed by atoms with E-state index in [0.29, 0.717) is 25.5 Å². The summed E-state index contributed by atoms with van der Waals surface area (Å²) >= 11 is 0. The summed E-state index contributed by atoms with van der Waals surface area (Å²) in [7, 11) is -3.45. The number of ether oxygens (including phenoxy) is 1. The van der Waals surface area contributed by atoms with Gasteiger partial charge in [-0.1, -0.05) is 37.1 Å². The van der Waals surface area contributed by atoms with Gasteiger partial charge in [-0.05, 0) is 75.0 Å². The van der Waals surface area contributed by atoms with Crippen LogP contribution in [0, 0.1) is 22.7 Å². The number of hydrogen-bond donors (Lipinski definition) is 2. The average Bonchev–Trinajstić information content (AvgIpc) is 3.34. The number of hydrogen-bond acceptors (Lipinski definition) is 5. The fourth-order valence-electron chi connectivity index (χ4n) is 7.98. The van der Waals surface area contributed by atoms with Crippen LogP contribution < -0.4 is 0 Å². The number of allylic oxidation sites excluding steroid dienone is 3. The Morgan fingerprint density at radius 3 is 2.55 bits per heavy atom. The SMILES string of the molecule is CC12CCC(O)CC1=CC=C1C2CCC2(C)C1CCC2(O)CN(CC1CCCO1)S(C)(=O)=O. The average molecular weight is 480 g/mol. The van der Waals surface area contributed by atoms with Crippen LogP contribution in [0.3, 0.4) is 0 Å². The molecule has 33 heavy (non-hydrogen) atoms. The van der Waals surface area contributed by atoms with E-state index in [2.05, 4.69) is 26.0 Å². The van der Waals surface area contributed by atoms with E-state index in [9.17, 15) is 18.6 Å². The summed E-state index contributed by atoms with van der Waals surface area (Å²) in [5.41, 5.74) is 1.55. The monoisotopic (exact) mass is 479 g/mol. The van der Waals surface area contributed by atoms with E-state index in [1.807, 2.05) is 0 Å². The number of aliphatic hydroxyl groups excluding tert-OH is 1. The lowest BCUT2D eigenvalue weighted by Gasteiger charge is -2.56. The van der Waals surface area contributed by atoms with Crippen molar-refractivity contribution < 1.29 is 23.4 Å². The lowest BCUT2D eigenvalue weighted by Crippen LogP contribution is -2.57. The molecule has 5 aliphatic rings. The molecule has 0 aromatic rings. The number of sulfonamides is 1. The van der Waals surface area contributed by atoms with Crippen LogP contribution in [0.1, 0.15) is 71.6 Å². The maximum Gasteiger partial charge on any atom is 0.211 e. The van der Waals surface area contributed by atoms with E-state index >= 15 is 0 Å². The number of nitrogens with zero attached hydrogens (tertiary/aromatic N) is 1. The first-order valence-electron chi connectivity index (χ1n) is 12.8. The van der Waals surface area contributed by atoms with Gasteiger partial charge >= 0.3 is 0 Å². The highest BCUT2D eigenvalue weighted by molar-refractivity contribution is 7.88. The van der Waals surface area contributed by atoms with Crippen molar-refractivity contribution in [3.8, 4) is 0 Å². The van der Waals surface area contributed by atoms with E-state index in [1.54, 1.807) is 0 Å². The molecule has 1 heterocycles. The fraction of sp³-hybridized carbons (Fsp3) is 0.846. The molecule has 5 rings (SSSR count).